The Kier molecular flexibility index (Phi) is 5.19. The van der Waals surface area contributed by atoms with Crippen LogP contribution in [0.15, 0.2) is 48.5 Å². The van der Waals surface area contributed by atoms with E-state index in [1.54, 1.807) is 0 Å². The third-order valence-corrected chi connectivity index (χ3v) is 4.65. The van der Waals surface area contributed by atoms with Crippen molar-refractivity contribution in [2.75, 3.05) is 0 Å². The number of rotatable bonds is 5. The number of carbonyl (C=O) groups is 1. The summed E-state index contributed by atoms with van der Waals surface area (Å²) in [6.07, 6.45) is 3.39. The van der Waals surface area contributed by atoms with Crippen molar-refractivity contribution in [2.45, 2.75) is 51.7 Å². The summed E-state index contributed by atoms with van der Waals surface area (Å²) in [7, 11) is 0. The number of aryl methyl sites for hydroxylation is 2. The zero-order valence-electron chi connectivity index (χ0n) is 14.4. The first-order valence-electron chi connectivity index (χ1n) is 8.79. The van der Waals surface area contributed by atoms with Gasteiger partial charge in [-0.2, -0.15) is 0 Å². The summed E-state index contributed by atoms with van der Waals surface area (Å²) in [6, 6.07) is 16.3. The number of hydrogen-bond donors (Lipinski definition) is 1. The van der Waals surface area contributed by atoms with E-state index in [1.165, 1.54) is 16.7 Å². The summed E-state index contributed by atoms with van der Waals surface area (Å²) in [6.45, 7) is 4.02. The molecule has 1 aliphatic rings. The van der Waals surface area contributed by atoms with Gasteiger partial charge in [0.2, 0.25) is 0 Å². The monoisotopic (exact) mass is 323 g/mol. The van der Waals surface area contributed by atoms with Gasteiger partial charge in [-0.15, -0.1) is 0 Å². The van der Waals surface area contributed by atoms with Crippen molar-refractivity contribution >= 4 is 5.91 Å². The summed E-state index contributed by atoms with van der Waals surface area (Å²) in [5.74, 6) is 0.714. The van der Waals surface area contributed by atoms with Crippen molar-refractivity contribution in [3.05, 3.63) is 65.2 Å². The van der Waals surface area contributed by atoms with E-state index >= 15 is 0 Å². The molecule has 2 aromatic rings. The molecule has 1 aliphatic carbocycles. The molecule has 0 fully saturated rings. The highest BCUT2D eigenvalue weighted by Gasteiger charge is 2.25. The van der Waals surface area contributed by atoms with Gasteiger partial charge >= 0.3 is 0 Å². The lowest BCUT2D eigenvalue weighted by atomic mass is 9.87. The van der Waals surface area contributed by atoms with Gasteiger partial charge in [-0.1, -0.05) is 48.9 Å². The lowest BCUT2D eigenvalue weighted by Gasteiger charge is -2.28. The molecule has 3 nitrogen and oxygen atoms in total. The Morgan fingerprint density at radius 2 is 1.96 bits per heavy atom. The Bertz CT molecular complexity index is 693. The third kappa shape index (κ3) is 3.78. The van der Waals surface area contributed by atoms with Gasteiger partial charge in [0.15, 0.2) is 6.10 Å². The van der Waals surface area contributed by atoms with Crippen molar-refractivity contribution < 1.29 is 9.53 Å². The number of nitrogens with one attached hydrogen (secondary N) is 1. The number of carbonyl (C=O) groups excluding carboxylic acids is 1. The highest BCUT2D eigenvalue weighted by Crippen LogP contribution is 2.29. The van der Waals surface area contributed by atoms with E-state index < -0.39 is 6.10 Å². The van der Waals surface area contributed by atoms with E-state index in [9.17, 15) is 4.79 Å². The summed E-state index contributed by atoms with van der Waals surface area (Å²) < 4.78 is 5.90. The van der Waals surface area contributed by atoms with Gasteiger partial charge in [0.25, 0.3) is 5.91 Å². The van der Waals surface area contributed by atoms with Gasteiger partial charge in [-0.25, -0.2) is 0 Å². The molecule has 1 amide bonds. The Morgan fingerprint density at radius 1 is 1.21 bits per heavy atom. The average molecular weight is 323 g/mol. The predicted octanol–water partition coefficient (Wildman–Crippen LogP) is 4.35. The summed E-state index contributed by atoms with van der Waals surface area (Å²) in [5.41, 5.74) is 3.78. The second-order valence-corrected chi connectivity index (χ2v) is 6.48. The van der Waals surface area contributed by atoms with Crippen molar-refractivity contribution in [1.82, 2.24) is 5.32 Å². The Hall–Kier alpha value is -2.29. The van der Waals surface area contributed by atoms with Crippen LogP contribution in [0.25, 0.3) is 0 Å². The van der Waals surface area contributed by atoms with Crippen molar-refractivity contribution in [3.63, 3.8) is 0 Å². The molecule has 0 spiro atoms. The lowest BCUT2D eigenvalue weighted by molar-refractivity contribution is -0.129. The van der Waals surface area contributed by atoms with Crippen LogP contribution in [-0.4, -0.2) is 12.0 Å². The van der Waals surface area contributed by atoms with E-state index in [1.807, 2.05) is 44.2 Å². The number of hydrogen-bond acceptors (Lipinski definition) is 2. The van der Waals surface area contributed by atoms with E-state index in [4.69, 9.17) is 4.74 Å². The van der Waals surface area contributed by atoms with Crippen LogP contribution >= 0.6 is 0 Å². The summed E-state index contributed by atoms with van der Waals surface area (Å²) in [5, 5.41) is 3.19. The Morgan fingerprint density at radius 3 is 2.71 bits per heavy atom. The maximum absolute atomic E-state index is 12.7. The van der Waals surface area contributed by atoms with Gasteiger partial charge in [0.05, 0.1) is 6.04 Å². The highest BCUT2D eigenvalue weighted by molar-refractivity contribution is 5.81. The normalized spacial score (nSPS) is 17.7. The van der Waals surface area contributed by atoms with Gasteiger partial charge < -0.3 is 10.1 Å². The smallest absolute Gasteiger partial charge is 0.261 e. The Balaban J connectivity index is 1.68. The molecular weight excluding hydrogens is 298 g/mol. The molecule has 0 aliphatic heterocycles. The van der Waals surface area contributed by atoms with Crippen molar-refractivity contribution in [1.29, 1.82) is 0 Å². The molecule has 0 unspecified atom stereocenters. The van der Waals surface area contributed by atoms with Gasteiger partial charge in [-0.3, -0.25) is 4.79 Å². The first kappa shape index (κ1) is 16.6. The Labute approximate surface area is 144 Å². The molecule has 2 atom stereocenters. The quantitative estimate of drug-likeness (QED) is 0.888. The minimum Gasteiger partial charge on any atom is -0.481 e. The fraction of sp³-hybridized carbons (Fsp3) is 0.381. The largest absolute Gasteiger partial charge is 0.481 e. The van der Waals surface area contributed by atoms with Crippen LogP contribution in [0.2, 0.25) is 0 Å². The van der Waals surface area contributed by atoms with Crippen LogP contribution in [-0.2, 0) is 11.2 Å². The second kappa shape index (κ2) is 7.52. The zero-order valence-corrected chi connectivity index (χ0v) is 14.4. The summed E-state index contributed by atoms with van der Waals surface area (Å²) >= 11 is 0. The first-order chi connectivity index (χ1) is 11.7. The van der Waals surface area contributed by atoms with E-state index in [2.05, 4.69) is 23.5 Å². The molecule has 1 N–H and O–H groups in total. The highest BCUT2D eigenvalue weighted by atomic mass is 16.5. The van der Waals surface area contributed by atoms with E-state index in [0.29, 0.717) is 6.42 Å². The minimum atomic E-state index is -0.457. The molecule has 126 valence electrons. The molecular formula is C21H25NO2. The fourth-order valence-electron chi connectivity index (χ4n) is 3.27. The molecule has 3 rings (SSSR count). The summed E-state index contributed by atoms with van der Waals surface area (Å²) in [4.78, 5) is 12.7. The molecule has 3 heteroatoms. The maximum atomic E-state index is 12.7. The van der Waals surface area contributed by atoms with Crippen LogP contribution in [0.4, 0.5) is 0 Å². The maximum Gasteiger partial charge on any atom is 0.261 e. The number of benzene rings is 2. The average Bonchev–Trinajstić information content (AvgIpc) is 2.61. The van der Waals surface area contributed by atoms with Crippen LogP contribution in [0.5, 0.6) is 5.75 Å². The minimum absolute atomic E-state index is 0.0280. The van der Waals surface area contributed by atoms with Gasteiger partial charge in [-0.05, 0) is 55.9 Å². The van der Waals surface area contributed by atoms with E-state index in [-0.39, 0.29) is 11.9 Å². The van der Waals surface area contributed by atoms with E-state index in [0.717, 1.165) is 25.0 Å². The number of amides is 1. The number of fused-ring (bicyclic) bond motifs is 1. The first-order valence-corrected chi connectivity index (χ1v) is 8.79. The van der Waals surface area contributed by atoms with Crippen LogP contribution < -0.4 is 10.1 Å². The standard InChI is InChI=1S/C21H25NO2/c1-3-20(24-17-13-11-15(2)12-14-17)21(23)22-19-10-6-8-16-7-4-5-9-18(16)19/h4-5,7,9,11-14,19-20H,3,6,8,10H2,1-2H3,(H,22,23)/t19-,20+/m1/s1. The van der Waals surface area contributed by atoms with Crippen LogP contribution in [0, 0.1) is 6.92 Å². The number of ether oxygens (including phenoxy) is 1. The van der Waals surface area contributed by atoms with Gasteiger partial charge in [0, 0.05) is 0 Å². The molecule has 2 aromatic carbocycles. The fourth-order valence-corrected chi connectivity index (χ4v) is 3.27. The topological polar surface area (TPSA) is 38.3 Å². The molecule has 0 aromatic heterocycles. The van der Waals surface area contributed by atoms with Crippen molar-refractivity contribution in [3.8, 4) is 5.75 Å². The molecule has 0 saturated heterocycles. The molecule has 0 bridgehead atoms. The van der Waals surface area contributed by atoms with Crippen LogP contribution in [0.1, 0.15) is 48.9 Å². The molecule has 0 radical (unpaired) electrons. The SMILES string of the molecule is CC[C@H](Oc1ccc(C)cc1)C(=O)N[C@@H]1CCCc2ccccc21. The van der Waals surface area contributed by atoms with Crippen molar-refractivity contribution in [2.24, 2.45) is 0 Å². The molecule has 24 heavy (non-hydrogen) atoms. The molecule has 0 heterocycles. The third-order valence-electron chi connectivity index (χ3n) is 4.65. The zero-order chi connectivity index (χ0) is 16.9. The molecule has 0 saturated carbocycles. The van der Waals surface area contributed by atoms with Crippen LogP contribution in [0.3, 0.4) is 0 Å². The van der Waals surface area contributed by atoms with Gasteiger partial charge in [0.1, 0.15) is 5.75 Å². The predicted molar refractivity (Wildman–Crippen MR) is 96.1 cm³/mol. The lowest BCUT2D eigenvalue weighted by Crippen LogP contribution is -2.40. The second-order valence-electron chi connectivity index (χ2n) is 6.48.